The molecule has 1 aromatic heterocycles. The fraction of sp³-hybridized carbons (Fsp3) is 0.444. The molecule has 2 aromatic rings. The van der Waals surface area contributed by atoms with E-state index in [1.165, 1.54) is 19.3 Å². The van der Waals surface area contributed by atoms with E-state index in [9.17, 15) is 9.59 Å². The maximum Gasteiger partial charge on any atom is 0.338 e. The number of benzene rings is 1. The molecule has 1 N–H and O–H groups in total. The molecular weight excluding hydrogens is 306 g/mol. The van der Waals surface area contributed by atoms with E-state index in [2.05, 4.69) is 15.3 Å². The van der Waals surface area contributed by atoms with E-state index in [1.54, 1.807) is 30.6 Å². The minimum atomic E-state index is -0.532. The van der Waals surface area contributed by atoms with Crippen molar-refractivity contribution in [3.8, 4) is 0 Å². The fourth-order valence-electron chi connectivity index (χ4n) is 3.01. The van der Waals surface area contributed by atoms with Crippen molar-refractivity contribution in [2.75, 3.05) is 13.2 Å². The van der Waals surface area contributed by atoms with Crippen molar-refractivity contribution in [1.29, 1.82) is 0 Å². The molecule has 0 aliphatic heterocycles. The Hall–Kier alpha value is -2.50. The highest BCUT2D eigenvalue weighted by Crippen LogP contribution is 2.22. The third-order valence-electron chi connectivity index (χ3n) is 4.35. The van der Waals surface area contributed by atoms with Gasteiger partial charge in [-0.05, 0) is 37.0 Å². The first-order valence-corrected chi connectivity index (χ1v) is 8.37. The summed E-state index contributed by atoms with van der Waals surface area (Å²) < 4.78 is 5.08. The van der Waals surface area contributed by atoms with Crippen LogP contribution in [0.5, 0.6) is 0 Å². The summed E-state index contributed by atoms with van der Waals surface area (Å²) in [4.78, 5) is 32.2. The summed E-state index contributed by atoms with van der Waals surface area (Å²) in [6.07, 6.45) is 9.25. The van der Waals surface area contributed by atoms with Gasteiger partial charge in [-0.2, -0.15) is 0 Å². The third kappa shape index (κ3) is 4.28. The number of ether oxygens (including phenoxy) is 1. The van der Waals surface area contributed by atoms with Gasteiger partial charge in [0.2, 0.25) is 0 Å². The van der Waals surface area contributed by atoms with E-state index < -0.39 is 5.97 Å². The SMILES string of the molecule is O=C(COC(=O)c1ccc2nccnc2c1)NCC1CCCCC1. The standard InChI is InChI=1S/C18H21N3O3/c22-17(21-11-13-4-2-1-3-5-13)12-24-18(23)14-6-7-15-16(10-14)20-9-8-19-15/h6-10,13H,1-5,11-12H2,(H,21,22). The van der Waals surface area contributed by atoms with Gasteiger partial charge >= 0.3 is 5.97 Å². The second-order valence-electron chi connectivity index (χ2n) is 6.14. The molecule has 126 valence electrons. The van der Waals surface area contributed by atoms with Crippen molar-refractivity contribution in [1.82, 2.24) is 15.3 Å². The van der Waals surface area contributed by atoms with Crippen LogP contribution in [0.4, 0.5) is 0 Å². The van der Waals surface area contributed by atoms with Gasteiger partial charge in [0.05, 0.1) is 16.6 Å². The second kappa shape index (κ2) is 7.86. The zero-order chi connectivity index (χ0) is 16.8. The highest BCUT2D eigenvalue weighted by molar-refractivity contribution is 5.94. The van der Waals surface area contributed by atoms with E-state index in [0.29, 0.717) is 29.1 Å². The lowest BCUT2D eigenvalue weighted by Crippen LogP contribution is -2.33. The van der Waals surface area contributed by atoms with Gasteiger partial charge in [-0.1, -0.05) is 19.3 Å². The van der Waals surface area contributed by atoms with E-state index in [1.807, 2.05) is 0 Å². The summed E-state index contributed by atoms with van der Waals surface area (Å²) in [5.74, 6) is -0.234. The van der Waals surface area contributed by atoms with Crippen molar-refractivity contribution < 1.29 is 14.3 Å². The van der Waals surface area contributed by atoms with E-state index in [0.717, 1.165) is 12.8 Å². The molecular formula is C18H21N3O3. The van der Waals surface area contributed by atoms with Gasteiger partial charge in [-0.3, -0.25) is 14.8 Å². The van der Waals surface area contributed by atoms with Gasteiger partial charge in [0.15, 0.2) is 6.61 Å². The molecule has 6 heteroatoms. The Balaban J connectivity index is 1.47. The average Bonchev–Trinajstić information content (AvgIpc) is 2.65. The molecule has 0 spiro atoms. The Morgan fingerprint density at radius 3 is 2.62 bits per heavy atom. The Kier molecular flexibility index (Phi) is 5.36. The zero-order valence-corrected chi connectivity index (χ0v) is 13.5. The quantitative estimate of drug-likeness (QED) is 0.853. The van der Waals surface area contributed by atoms with Gasteiger partial charge in [-0.25, -0.2) is 4.79 Å². The number of amides is 1. The summed E-state index contributed by atoms with van der Waals surface area (Å²) in [5.41, 5.74) is 1.69. The maximum atomic E-state index is 12.0. The monoisotopic (exact) mass is 327 g/mol. The largest absolute Gasteiger partial charge is 0.452 e. The number of rotatable bonds is 5. The molecule has 1 saturated carbocycles. The number of esters is 1. The van der Waals surface area contributed by atoms with E-state index in [4.69, 9.17) is 4.74 Å². The molecule has 6 nitrogen and oxygen atoms in total. The van der Waals surface area contributed by atoms with Crippen LogP contribution in [0.1, 0.15) is 42.5 Å². The number of fused-ring (bicyclic) bond motifs is 1. The lowest BCUT2D eigenvalue weighted by atomic mass is 9.89. The molecule has 1 aliphatic carbocycles. The number of aromatic nitrogens is 2. The molecule has 1 amide bonds. The van der Waals surface area contributed by atoms with Crippen molar-refractivity contribution in [3.63, 3.8) is 0 Å². The van der Waals surface area contributed by atoms with Crippen LogP contribution in [-0.2, 0) is 9.53 Å². The minimum absolute atomic E-state index is 0.255. The summed E-state index contributed by atoms with van der Waals surface area (Å²) in [7, 11) is 0. The van der Waals surface area contributed by atoms with Crippen molar-refractivity contribution in [2.24, 2.45) is 5.92 Å². The fourth-order valence-corrected chi connectivity index (χ4v) is 3.01. The van der Waals surface area contributed by atoms with Crippen LogP contribution in [0.15, 0.2) is 30.6 Å². The molecule has 0 radical (unpaired) electrons. The minimum Gasteiger partial charge on any atom is -0.452 e. The molecule has 1 aromatic carbocycles. The Bertz CT molecular complexity index is 726. The van der Waals surface area contributed by atoms with Crippen LogP contribution in [0.2, 0.25) is 0 Å². The van der Waals surface area contributed by atoms with Gasteiger partial charge in [0, 0.05) is 18.9 Å². The third-order valence-corrected chi connectivity index (χ3v) is 4.35. The van der Waals surface area contributed by atoms with Gasteiger partial charge < -0.3 is 10.1 Å². The molecule has 1 fully saturated rings. The molecule has 0 unspecified atom stereocenters. The van der Waals surface area contributed by atoms with Crippen LogP contribution in [0.25, 0.3) is 11.0 Å². The molecule has 1 aliphatic rings. The van der Waals surface area contributed by atoms with Gasteiger partial charge in [0.1, 0.15) is 0 Å². The summed E-state index contributed by atoms with van der Waals surface area (Å²) in [6.45, 7) is 0.409. The van der Waals surface area contributed by atoms with Crippen LogP contribution >= 0.6 is 0 Å². The Morgan fingerprint density at radius 1 is 1.08 bits per heavy atom. The van der Waals surface area contributed by atoms with Crippen LogP contribution < -0.4 is 5.32 Å². The number of nitrogens with zero attached hydrogens (tertiary/aromatic N) is 2. The molecule has 24 heavy (non-hydrogen) atoms. The predicted octanol–water partition coefficient (Wildman–Crippen LogP) is 2.48. The van der Waals surface area contributed by atoms with E-state index >= 15 is 0 Å². The average molecular weight is 327 g/mol. The van der Waals surface area contributed by atoms with Crippen LogP contribution in [0, 0.1) is 5.92 Å². The first kappa shape index (κ1) is 16.4. The lowest BCUT2D eigenvalue weighted by molar-refractivity contribution is -0.124. The van der Waals surface area contributed by atoms with Crippen LogP contribution in [0.3, 0.4) is 0 Å². The maximum absolute atomic E-state index is 12.0. The first-order valence-electron chi connectivity index (χ1n) is 8.37. The highest BCUT2D eigenvalue weighted by atomic mass is 16.5. The summed E-state index contributed by atoms with van der Waals surface area (Å²) in [6, 6.07) is 4.95. The van der Waals surface area contributed by atoms with Crippen LogP contribution in [-0.4, -0.2) is 35.0 Å². The predicted molar refractivity (Wildman–Crippen MR) is 89.4 cm³/mol. The number of carbonyl (C=O) groups excluding carboxylic acids is 2. The molecule has 3 rings (SSSR count). The normalized spacial score (nSPS) is 15.2. The smallest absolute Gasteiger partial charge is 0.338 e. The lowest BCUT2D eigenvalue weighted by Gasteiger charge is -2.21. The number of carbonyl (C=O) groups is 2. The highest BCUT2D eigenvalue weighted by Gasteiger charge is 2.15. The van der Waals surface area contributed by atoms with Crippen molar-refractivity contribution >= 4 is 22.9 Å². The number of hydrogen-bond donors (Lipinski definition) is 1. The van der Waals surface area contributed by atoms with Gasteiger partial charge in [-0.15, -0.1) is 0 Å². The van der Waals surface area contributed by atoms with E-state index in [-0.39, 0.29) is 12.5 Å². The Morgan fingerprint density at radius 2 is 1.83 bits per heavy atom. The van der Waals surface area contributed by atoms with Crippen molar-refractivity contribution in [3.05, 3.63) is 36.2 Å². The molecule has 0 bridgehead atoms. The first-order chi connectivity index (χ1) is 11.7. The second-order valence-corrected chi connectivity index (χ2v) is 6.14. The summed E-state index contributed by atoms with van der Waals surface area (Å²) >= 11 is 0. The number of hydrogen-bond acceptors (Lipinski definition) is 5. The topological polar surface area (TPSA) is 81.2 Å². The molecule has 1 heterocycles. The summed E-state index contributed by atoms with van der Waals surface area (Å²) in [5, 5.41) is 2.85. The number of nitrogens with one attached hydrogen (secondary N) is 1. The Labute approximate surface area is 140 Å². The molecule has 0 atom stereocenters. The molecule has 0 saturated heterocycles. The zero-order valence-electron chi connectivity index (χ0n) is 13.5. The van der Waals surface area contributed by atoms with Crippen molar-refractivity contribution in [2.45, 2.75) is 32.1 Å². The van der Waals surface area contributed by atoms with Gasteiger partial charge in [0.25, 0.3) is 5.91 Å².